The maximum Gasteiger partial charge on any atom is 0.326 e. The number of phenols is 1. The molecule has 1 aromatic heterocycles. The zero-order chi connectivity index (χ0) is 55.0. The Labute approximate surface area is 431 Å². The number of benzene rings is 3. The fourth-order valence-electron chi connectivity index (χ4n) is 7.53. The van der Waals surface area contributed by atoms with Crippen LogP contribution in [0.3, 0.4) is 0 Å². The lowest BCUT2D eigenvalue weighted by Gasteiger charge is -2.25. The number of nitrogens with zero attached hydrogens (tertiary/aromatic N) is 2. The highest BCUT2D eigenvalue weighted by Gasteiger charge is 2.32. The first-order valence-electron chi connectivity index (χ1n) is 23.9. The molecule has 0 saturated heterocycles. The van der Waals surface area contributed by atoms with Crippen LogP contribution in [0.2, 0.25) is 0 Å². The largest absolute Gasteiger partial charge is 0.508 e. The Kier molecular flexibility index (Phi) is 23.3. The number of carbonyl (C=O) groups is 8. The third kappa shape index (κ3) is 20.0. The number of aromatic nitrogens is 1. The van der Waals surface area contributed by atoms with E-state index in [9.17, 15) is 53.7 Å². The molecule has 0 spiro atoms. The van der Waals surface area contributed by atoms with E-state index in [0.29, 0.717) is 22.0 Å². The van der Waals surface area contributed by atoms with E-state index in [4.69, 9.17) is 28.7 Å². The monoisotopic (exact) mass is 1040 g/mol. The summed E-state index contributed by atoms with van der Waals surface area (Å²) in [4.78, 5) is 118. The van der Waals surface area contributed by atoms with Gasteiger partial charge in [0.25, 0.3) is 0 Å². The topological polar surface area (TPSA) is 452 Å². The first-order valence-corrected chi connectivity index (χ1v) is 23.9. The molecule has 0 radical (unpaired) electrons. The van der Waals surface area contributed by atoms with E-state index < -0.39 is 103 Å². The van der Waals surface area contributed by atoms with E-state index >= 15 is 0 Å². The fourth-order valence-corrected chi connectivity index (χ4v) is 7.53. The quantitative estimate of drug-likeness (QED) is 0.0137. The number of phenolic OH excluding ortho intramolecular Hbond substituents is 1. The fraction of sp³-hybridized carbons (Fsp3) is 0.388. The number of nitrogens with one attached hydrogen (secondary N) is 8. The maximum absolute atomic E-state index is 14.0. The second-order valence-electron chi connectivity index (χ2n) is 17.5. The van der Waals surface area contributed by atoms with Crippen LogP contribution in [0.15, 0.2) is 95.0 Å². The molecule has 0 fully saturated rings. The van der Waals surface area contributed by atoms with Crippen LogP contribution in [0.5, 0.6) is 5.75 Å². The number of aliphatic carboxylic acids is 1. The number of rotatable bonds is 30. The number of aliphatic hydroxyl groups is 1. The van der Waals surface area contributed by atoms with Crippen molar-refractivity contribution in [3.63, 3.8) is 0 Å². The summed E-state index contributed by atoms with van der Waals surface area (Å²) in [7, 11) is 0. The lowest BCUT2D eigenvalue weighted by molar-refractivity contribution is -0.142. The van der Waals surface area contributed by atoms with Crippen LogP contribution in [-0.2, 0) is 57.6 Å². The van der Waals surface area contributed by atoms with Crippen molar-refractivity contribution in [2.24, 2.45) is 38.7 Å². The van der Waals surface area contributed by atoms with E-state index in [1.807, 2.05) is 6.07 Å². The van der Waals surface area contributed by atoms with Gasteiger partial charge in [-0.05, 0) is 73.9 Å². The zero-order valence-electron chi connectivity index (χ0n) is 41.3. The van der Waals surface area contributed by atoms with Gasteiger partial charge < -0.3 is 86.2 Å². The predicted molar refractivity (Wildman–Crippen MR) is 277 cm³/mol. The zero-order valence-corrected chi connectivity index (χ0v) is 41.3. The van der Waals surface area contributed by atoms with Gasteiger partial charge in [0.1, 0.15) is 42.0 Å². The van der Waals surface area contributed by atoms with Crippen molar-refractivity contribution in [2.45, 2.75) is 94.2 Å². The SMILES string of the molecule is C[C@H](NC(=O)[C@H](Cc1c[nH]c2ccccc12)NC(=O)[C@H](CO)NC(=O)[C@H](CCCN=C(N)N)NC(=O)CNC(=O)[C@H](CCCN=C(N)N)NC(=O)[C@@H](N)Cc1ccccc1)C(=O)N[C@@H](Cc1ccc(O)cc1)C(=O)O. The molecule has 75 heavy (non-hydrogen) atoms. The third-order valence-electron chi connectivity index (χ3n) is 11.5. The number of nitrogens with two attached hydrogens (primary N) is 5. The Balaban J connectivity index is 1.47. The average molecular weight is 1040 g/mol. The molecule has 7 amide bonds. The number of amides is 7. The molecular formula is C49H67N15O11. The maximum atomic E-state index is 14.0. The molecule has 0 aliphatic carbocycles. The summed E-state index contributed by atoms with van der Waals surface area (Å²) in [5.41, 5.74) is 30.5. The standard InChI is InChI=1S/C49H67N15O11/c1-27(41(68)63-38(47(74)75)22-29-15-17-31(66)18-16-29)59-45(72)37(23-30-24-57-34-12-6-5-11-32(30)34)62-46(73)39(26-65)64-44(71)36(14-8-20-56-49(53)54)60-40(67)25-58-43(70)35(13-7-19-55-48(51)52)61-42(69)33(50)21-28-9-3-2-4-10-28/h2-6,9-12,15-18,24,27,33,35-39,57,65-66H,7-8,13-14,19-23,25-26,50H2,1H3,(H,58,70)(H,59,72)(H,60,67)(H,61,69)(H,62,73)(H,63,68)(H,64,71)(H,74,75)(H4,51,52,55)(H4,53,54,56)/t27-,33-,35-,36-,37-,38-,39-/m0/s1. The highest BCUT2D eigenvalue weighted by molar-refractivity contribution is 5.97. The number of hydrogen-bond acceptors (Lipinski definition) is 13. The molecular weight excluding hydrogens is 975 g/mol. The van der Waals surface area contributed by atoms with Crippen molar-refractivity contribution in [1.29, 1.82) is 0 Å². The minimum Gasteiger partial charge on any atom is -0.508 e. The van der Waals surface area contributed by atoms with Crippen LogP contribution in [0.1, 0.15) is 49.3 Å². The molecule has 0 saturated carbocycles. The lowest BCUT2D eigenvalue weighted by atomic mass is 10.0. The van der Waals surface area contributed by atoms with Gasteiger partial charge >= 0.3 is 5.97 Å². The molecule has 1 heterocycles. The number of carbonyl (C=O) groups excluding carboxylic acids is 7. The first-order chi connectivity index (χ1) is 35.7. The Hall–Kier alpha value is -8.78. The van der Waals surface area contributed by atoms with Crippen LogP contribution < -0.4 is 65.9 Å². The number of H-pyrrole nitrogens is 1. The van der Waals surface area contributed by atoms with Crippen LogP contribution in [0, 0.1) is 0 Å². The number of carboxylic acids is 1. The van der Waals surface area contributed by atoms with Gasteiger partial charge in [0.05, 0.1) is 19.2 Å². The number of aromatic hydroxyl groups is 1. The van der Waals surface area contributed by atoms with Gasteiger partial charge in [-0.3, -0.25) is 43.5 Å². The van der Waals surface area contributed by atoms with Gasteiger partial charge in [-0.2, -0.15) is 0 Å². The van der Waals surface area contributed by atoms with E-state index in [1.54, 1.807) is 54.7 Å². The Morgan fingerprint density at radius 2 is 1.12 bits per heavy atom. The van der Waals surface area contributed by atoms with Crippen molar-refractivity contribution >= 4 is 70.1 Å². The van der Waals surface area contributed by atoms with Crippen LogP contribution in [-0.4, -0.2) is 148 Å². The number of guanidine groups is 2. The van der Waals surface area contributed by atoms with Crippen molar-refractivity contribution in [1.82, 2.24) is 42.2 Å². The predicted octanol–water partition coefficient (Wildman–Crippen LogP) is -3.54. The van der Waals surface area contributed by atoms with E-state index in [-0.39, 0.29) is 75.7 Å². The van der Waals surface area contributed by atoms with E-state index in [0.717, 1.165) is 5.56 Å². The molecule has 404 valence electrons. The van der Waals surface area contributed by atoms with Gasteiger partial charge in [-0.15, -0.1) is 0 Å². The smallest absolute Gasteiger partial charge is 0.326 e. The molecule has 21 N–H and O–H groups in total. The van der Waals surface area contributed by atoms with Crippen molar-refractivity contribution in [3.05, 3.63) is 102 Å². The second kappa shape index (κ2) is 29.7. The van der Waals surface area contributed by atoms with Gasteiger partial charge in [0.15, 0.2) is 11.9 Å². The van der Waals surface area contributed by atoms with Crippen LogP contribution in [0.25, 0.3) is 10.9 Å². The van der Waals surface area contributed by atoms with E-state index in [2.05, 4.69) is 52.2 Å². The number of aromatic amines is 1. The highest BCUT2D eigenvalue weighted by atomic mass is 16.4. The molecule has 0 bridgehead atoms. The number of para-hydroxylation sites is 1. The van der Waals surface area contributed by atoms with Crippen LogP contribution in [0.4, 0.5) is 0 Å². The number of hydrogen-bond donors (Lipinski definition) is 16. The molecule has 26 heteroatoms. The first kappa shape index (κ1) is 58.8. The number of fused-ring (bicyclic) bond motifs is 1. The van der Waals surface area contributed by atoms with Crippen molar-refractivity contribution < 1.29 is 53.7 Å². The summed E-state index contributed by atoms with van der Waals surface area (Å²) in [5.74, 6) is -7.85. The number of aliphatic imine (C=N–C) groups is 2. The number of aliphatic hydroxyl groups excluding tert-OH is 1. The molecule has 0 unspecified atom stereocenters. The summed E-state index contributed by atoms with van der Waals surface area (Å²) in [6.07, 6.45) is 1.77. The summed E-state index contributed by atoms with van der Waals surface area (Å²) < 4.78 is 0. The van der Waals surface area contributed by atoms with Gasteiger partial charge in [0.2, 0.25) is 41.4 Å². The highest BCUT2D eigenvalue weighted by Crippen LogP contribution is 2.20. The summed E-state index contributed by atoms with van der Waals surface area (Å²) >= 11 is 0. The van der Waals surface area contributed by atoms with Gasteiger partial charge in [-0.25, -0.2) is 4.79 Å². The Morgan fingerprint density at radius 3 is 1.73 bits per heavy atom. The summed E-state index contributed by atoms with van der Waals surface area (Å²) in [5, 5.41) is 48.0. The normalized spacial score (nSPS) is 13.7. The molecule has 7 atom stereocenters. The van der Waals surface area contributed by atoms with Gasteiger partial charge in [-0.1, -0.05) is 60.7 Å². The summed E-state index contributed by atoms with van der Waals surface area (Å²) in [6, 6.07) is 12.2. The number of carboxylic acid groups (broad SMARTS) is 1. The average Bonchev–Trinajstić information content (AvgIpc) is 3.78. The Bertz CT molecular complexity index is 2640. The molecule has 4 rings (SSSR count). The van der Waals surface area contributed by atoms with Gasteiger partial charge in [0, 0.05) is 43.0 Å². The second-order valence-corrected chi connectivity index (χ2v) is 17.5. The van der Waals surface area contributed by atoms with Crippen LogP contribution >= 0.6 is 0 Å². The third-order valence-corrected chi connectivity index (χ3v) is 11.5. The van der Waals surface area contributed by atoms with E-state index in [1.165, 1.54) is 31.2 Å². The molecule has 4 aromatic rings. The minimum atomic E-state index is -1.72. The molecule has 0 aliphatic heterocycles. The Morgan fingerprint density at radius 1 is 0.587 bits per heavy atom. The molecule has 26 nitrogen and oxygen atoms in total. The summed E-state index contributed by atoms with van der Waals surface area (Å²) in [6.45, 7) is -0.233. The minimum absolute atomic E-state index is 0.0206. The lowest BCUT2D eigenvalue weighted by Crippen LogP contribution is -2.60. The molecule has 0 aliphatic rings. The van der Waals surface area contributed by atoms with Crippen molar-refractivity contribution in [2.75, 3.05) is 26.2 Å². The molecule has 3 aromatic carbocycles. The van der Waals surface area contributed by atoms with Crippen molar-refractivity contribution in [3.8, 4) is 5.75 Å².